The number of rotatable bonds is 5. The van der Waals surface area contributed by atoms with Gasteiger partial charge in [0.15, 0.2) is 0 Å². The molecular formula is C23H22BrClN2O4. The Hall–Kier alpha value is -2.19. The normalized spacial score (nSPS) is 21.6. The number of hydrogen-bond acceptors (Lipinski definition) is 5. The first kappa shape index (κ1) is 22.0. The van der Waals surface area contributed by atoms with Gasteiger partial charge in [0.25, 0.3) is 11.7 Å². The van der Waals surface area contributed by atoms with Crippen molar-refractivity contribution in [3.63, 3.8) is 0 Å². The molecule has 0 radical (unpaired) electrons. The topological polar surface area (TPSA) is 70.1 Å². The van der Waals surface area contributed by atoms with Crippen molar-refractivity contribution in [2.45, 2.75) is 6.04 Å². The highest BCUT2D eigenvalue weighted by molar-refractivity contribution is 9.10. The van der Waals surface area contributed by atoms with Gasteiger partial charge in [0.2, 0.25) is 0 Å². The molecule has 2 heterocycles. The number of Topliss-reactive ketones (excluding diaryl/α,β-unsaturated/α-hetero) is 1. The number of amides is 1. The van der Waals surface area contributed by atoms with E-state index in [2.05, 4.69) is 20.8 Å². The highest BCUT2D eigenvalue weighted by Gasteiger charge is 2.46. The van der Waals surface area contributed by atoms with Crippen LogP contribution < -0.4 is 0 Å². The molecule has 0 bridgehead atoms. The number of carbonyl (C=O) groups excluding carboxylic acids is 2. The van der Waals surface area contributed by atoms with Crippen LogP contribution in [-0.2, 0) is 14.3 Å². The van der Waals surface area contributed by atoms with Crippen LogP contribution in [0.25, 0.3) is 5.76 Å². The first-order valence-electron chi connectivity index (χ1n) is 10.1. The third-order valence-corrected chi connectivity index (χ3v) is 6.38. The van der Waals surface area contributed by atoms with E-state index in [1.807, 2.05) is 24.3 Å². The summed E-state index contributed by atoms with van der Waals surface area (Å²) in [6, 6.07) is 13.3. The van der Waals surface area contributed by atoms with Crippen LogP contribution in [0.15, 0.2) is 58.6 Å². The fraction of sp³-hybridized carbons (Fsp3) is 0.304. The zero-order chi connectivity index (χ0) is 22.0. The fourth-order valence-electron chi connectivity index (χ4n) is 3.94. The Kier molecular flexibility index (Phi) is 6.77. The Morgan fingerprint density at radius 3 is 2.32 bits per heavy atom. The number of hydrogen-bond donors (Lipinski definition) is 1. The molecule has 2 aromatic carbocycles. The molecule has 0 unspecified atom stereocenters. The SMILES string of the molecule is O=C1C(=O)N(CCN2CCOCC2)[C@H](c2ccc(Br)cc2)/C1=C(\O)c1ccc(Cl)cc1. The zero-order valence-corrected chi connectivity index (χ0v) is 19.1. The van der Waals surface area contributed by atoms with E-state index in [1.54, 1.807) is 29.2 Å². The van der Waals surface area contributed by atoms with Gasteiger partial charge in [-0.1, -0.05) is 39.7 Å². The molecule has 0 aromatic heterocycles. The molecule has 2 aliphatic rings. The van der Waals surface area contributed by atoms with E-state index in [0.717, 1.165) is 23.1 Å². The fourth-order valence-corrected chi connectivity index (χ4v) is 4.33. The summed E-state index contributed by atoms with van der Waals surface area (Å²) in [6.45, 7) is 3.90. The predicted molar refractivity (Wildman–Crippen MR) is 122 cm³/mol. The molecule has 1 atom stereocenters. The third kappa shape index (κ3) is 4.70. The van der Waals surface area contributed by atoms with Crippen molar-refractivity contribution in [2.24, 2.45) is 0 Å². The molecule has 2 saturated heterocycles. The maximum atomic E-state index is 13.0. The molecule has 0 aliphatic carbocycles. The number of likely N-dealkylation sites (tertiary alicyclic amines) is 1. The van der Waals surface area contributed by atoms with Crippen LogP contribution in [0.1, 0.15) is 17.2 Å². The van der Waals surface area contributed by atoms with Gasteiger partial charge in [-0.15, -0.1) is 0 Å². The second-order valence-electron chi connectivity index (χ2n) is 7.50. The Bertz CT molecular complexity index is 1000. The standard InChI is InChI=1S/C23H22BrClN2O4/c24-17-5-1-15(2-6-17)20-19(21(28)16-3-7-18(25)8-4-16)22(29)23(30)27(20)10-9-26-11-13-31-14-12-26/h1-8,20,28H,9-14H2/b21-19+/t20-/m1/s1. The molecule has 0 saturated carbocycles. The van der Waals surface area contributed by atoms with Crippen molar-refractivity contribution in [1.29, 1.82) is 0 Å². The lowest BCUT2D eigenvalue weighted by Gasteiger charge is -2.31. The number of halogens is 2. The van der Waals surface area contributed by atoms with Crippen LogP contribution in [0.3, 0.4) is 0 Å². The average molecular weight is 506 g/mol. The first-order valence-corrected chi connectivity index (χ1v) is 11.2. The quantitative estimate of drug-likeness (QED) is 0.380. The van der Waals surface area contributed by atoms with Gasteiger partial charge in [-0.05, 0) is 42.0 Å². The van der Waals surface area contributed by atoms with E-state index in [-0.39, 0.29) is 11.3 Å². The van der Waals surface area contributed by atoms with Crippen molar-refractivity contribution in [3.05, 3.63) is 74.7 Å². The first-order chi connectivity index (χ1) is 15.0. The molecule has 4 rings (SSSR count). The summed E-state index contributed by atoms with van der Waals surface area (Å²) in [4.78, 5) is 29.8. The summed E-state index contributed by atoms with van der Waals surface area (Å²) in [6.07, 6.45) is 0. The van der Waals surface area contributed by atoms with E-state index >= 15 is 0 Å². The molecule has 6 nitrogen and oxygen atoms in total. The number of aliphatic hydroxyl groups excluding tert-OH is 1. The minimum absolute atomic E-state index is 0.0941. The zero-order valence-electron chi connectivity index (χ0n) is 16.8. The van der Waals surface area contributed by atoms with E-state index < -0.39 is 17.7 Å². The van der Waals surface area contributed by atoms with Gasteiger partial charge in [0, 0.05) is 41.2 Å². The molecular weight excluding hydrogens is 484 g/mol. The maximum absolute atomic E-state index is 13.0. The number of ketones is 1. The Balaban J connectivity index is 1.72. The molecule has 0 spiro atoms. The van der Waals surface area contributed by atoms with E-state index in [9.17, 15) is 14.7 Å². The molecule has 31 heavy (non-hydrogen) atoms. The molecule has 2 aliphatic heterocycles. The molecule has 1 N–H and O–H groups in total. The number of benzene rings is 2. The summed E-state index contributed by atoms with van der Waals surface area (Å²) in [7, 11) is 0. The van der Waals surface area contributed by atoms with Crippen molar-refractivity contribution < 1.29 is 19.4 Å². The van der Waals surface area contributed by atoms with Crippen LogP contribution in [-0.4, -0.2) is 66.0 Å². The Morgan fingerprint density at radius 1 is 1.03 bits per heavy atom. The summed E-state index contributed by atoms with van der Waals surface area (Å²) < 4.78 is 6.27. The number of aliphatic hydroxyl groups is 1. The van der Waals surface area contributed by atoms with Gasteiger partial charge in [0.1, 0.15) is 5.76 Å². The third-order valence-electron chi connectivity index (χ3n) is 5.60. The average Bonchev–Trinajstić information content (AvgIpc) is 3.04. The summed E-state index contributed by atoms with van der Waals surface area (Å²) in [5.74, 6) is -1.48. The lowest BCUT2D eigenvalue weighted by atomic mass is 9.95. The Morgan fingerprint density at radius 2 is 1.68 bits per heavy atom. The minimum Gasteiger partial charge on any atom is -0.507 e. The number of nitrogens with zero attached hydrogens (tertiary/aromatic N) is 2. The smallest absolute Gasteiger partial charge is 0.295 e. The van der Waals surface area contributed by atoms with Gasteiger partial charge in [-0.25, -0.2) is 0 Å². The van der Waals surface area contributed by atoms with Gasteiger partial charge < -0.3 is 14.7 Å². The lowest BCUT2D eigenvalue weighted by molar-refractivity contribution is -0.140. The van der Waals surface area contributed by atoms with E-state index in [4.69, 9.17) is 16.3 Å². The van der Waals surface area contributed by atoms with Crippen LogP contribution in [0, 0.1) is 0 Å². The van der Waals surface area contributed by atoms with Crippen LogP contribution in [0.5, 0.6) is 0 Å². The van der Waals surface area contributed by atoms with Gasteiger partial charge in [0.05, 0.1) is 24.8 Å². The predicted octanol–water partition coefficient (Wildman–Crippen LogP) is 3.86. The van der Waals surface area contributed by atoms with Gasteiger partial charge in [-0.2, -0.15) is 0 Å². The molecule has 162 valence electrons. The second-order valence-corrected chi connectivity index (χ2v) is 8.86. The van der Waals surface area contributed by atoms with E-state index in [0.29, 0.717) is 36.9 Å². The second kappa shape index (κ2) is 9.53. The van der Waals surface area contributed by atoms with Crippen molar-refractivity contribution in [1.82, 2.24) is 9.80 Å². The van der Waals surface area contributed by atoms with Crippen molar-refractivity contribution >= 4 is 45.0 Å². The number of morpholine rings is 1. The Labute approximate surface area is 194 Å². The van der Waals surface area contributed by atoms with Crippen molar-refractivity contribution in [3.8, 4) is 0 Å². The largest absolute Gasteiger partial charge is 0.507 e. The van der Waals surface area contributed by atoms with Crippen LogP contribution in [0.2, 0.25) is 5.02 Å². The van der Waals surface area contributed by atoms with Crippen molar-refractivity contribution in [2.75, 3.05) is 39.4 Å². The molecule has 1 amide bonds. The molecule has 8 heteroatoms. The van der Waals surface area contributed by atoms with E-state index in [1.165, 1.54) is 0 Å². The number of carbonyl (C=O) groups is 2. The summed E-state index contributed by atoms with van der Waals surface area (Å²) in [5, 5.41) is 11.5. The van der Waals surface area contributed by atoms with Crippen LogP contribution in [0.4, 0.5) is 0 Å². The minimum atomic E-state index is -0.678. The summed E-state index contributed by atoms with van der Waals surface area (Å²) >= 11 is 9.38. The number of ether oxygens (including phenoxy) is 1. The molecule has 2 aromatic rings. The van der Waals surface area contributed by atoms with Gasteiger partial charge in [-0.3, -0.25) is 14.5 Å². The maximum Gasteiger partial charge on any atom is 0.295 e. The summed E-state index contributed by atoms with van der Waals surface area (Å²) in [5.41, 5.74) is 1.30. The van der Waals surface area contributed by atoms with Gasteiger partial charge >= 0.3 is 0 Å². The van der Waals surface area contributed by atoms with Crippen LogP contribution >= 0.6 is 27.5 Å². The highest BCUT2D eigenvalue weighted by Crippen LogP contribution is 2.39. The molecule has 2 fully saturated rings. The highest BCUT2D eigenvalue weighted by atomic mass is 79.9. The monoisotopic (exact) mass is 504 g/mol. The lowest BCUT2D eigenvalue weighted by Crippen LogP contribution is -2.42.